The fourth-order valence-corrected chi connectivity index (χ4v) is 4.80. The van der Waals surface area contributed by atoms with Gasteiger partial charge in [0.05, 0.1) is 19.0 Å². The van der Waals surface area contributed by atoms with Gasteiger partial charge in [-0.25, -0.2) is 0 Å². The number of rotatable bonds is 8. The van der Waals surface area contributed by atoms with E-state index in [1.165, 1.54) is 4.90 Å². The van der Waals surface area contributed by atoms with Crippen LogP contribution in [0.5, 0.6) is 5.75 Å². The molecule has 0 unspecified atom stereocenters. The molecule has 0 radical (unpaired) electrons. The summed E-state index contributed by atoms with van der Waals surface area (Å²) in [6.07, 6.45) is 0.00757. The summed E-state index contributed by atoms with van der Waals surface area (Å²) in [7, 11) is 4.90. The Morgan fingerprint density at radius 1 is 0.949 bits per heavy atom. The third-order valence-corrected chi connectivity index (χ3v) is 7.41. The summed E-state index contributed by atoms with van der Waals surface area (Å²) in [5.74, 6) is -0.0226. The number of hydrogen-bond donors (Lipinski definition) is 0. The molecule has 1 heterocycles. The van der Waals surface area contributed by atoms with Crippen molar-refractivity contribution in [1.29, 1.82) is 0 Å². The van der Waals surface area contributed by atoms with Crippen LogP contribution in [0.25, 0.3) is 10.9 Å². The van der Waals surface area contributed by atoms with Crippen molar-refractivity contribution in [3.63, 3.8) is 0 Å². The zero-order valence-electron chi connectivity index (χ0n) is 22.2. The third-order valence-electron chi connectivity index (χ3n) is 6.63. The van der Waals surface area contributed by atoms with Gasteiger partial charge in [0, 0.05) is 46.8 Å². The fraction of sp³-hybridized carbons (Fsp3) is 0.233. The average Bonchev–Trinajstić information content (AvgIpc) is 3.19. The number of nitrogens with zero attached hydrogens (tertiary/aromatic N) is 3. The van der Waals surface area contributed by atoms with Gasteiger partial charge in [0.25, 0.3) is 5.91 Å². The van der Waals surface area contributed by atoms with Crippen molar-refractivity contribution in [2.45, 2.75) is 19.9 Å². The number of fused-ring (bicyclic) bond motifs is 1. The molecule has 4 rings (SSSR count). The van der Waals surface area contributed by atoms with Gasteiger partial charge in [0.2, 0.25) is 11.8 Å². The number of aromatic nitrogens is 1. The van der Waals surface area contributed by atoms with Crippen molar-refractivity contribution in [2.24, 2.45) is 0 Å². The summed E-state index contributed by atoms with van der Waals surface area (Å²) >= 11 is 9.46. The number of likely N-dealkylation sites (N-methyl/N-ethyl adjacent to an activating group) is 1. The van der Waals surface area contributed by atoms with Crippen LogP contribution in [0.2, 0.25) is 5.02 Å². The summed E-state index contributed by atoms with van der Waals surface area (Å²) in [6.45, 7) is 2.04. The molecule has 0 bridgehead atoms. The smallest absolute Gasteiger partial charge is 0.262 e. The maximum Gasteiger partial charge on any atom is 0.262 e. The maximum absolute atomic E-state index is 13.8. The van der Waals surface area contributed by atoms with Crippen LogP contribution in [0.3, 0.4) is 0 Å². The van der Waals surface area contributed by atoms with Crippen LogP contribution >= 0.6 is 27.5 Å². The molecule has 0 aliphatic rings. The predicted molar refractivity (Wildman–Crippen MR) is 156 cm³/mol. The highest BCUT2D eigenvalue weighted by atomic mass is 79.9. The topological polar surface area (TPSA) is 71.8 Å². The summed E-state index contributed by atoms with van der Waals surface area (Å²) in [6, 6.07) is 19.8. The first-order valence-electron chi connectivity index (χ1n) is 12.3. The van der Waals surface area contributed by atoms with Crippen molar-refractivity contribution in [3.05, 3.63) is 98.6 Å². The van der Waals surface area contributed by atoms with Gasteiger partial charge in [-0.2, -0.15) is 0 Å². The molecule has 7 nitrogen and oxygen atoms in total. The number of carbonyl (C=O) groups excluding carboxylic acids is 3. The van der Waals surface area contributed by atoms with E-state index in [-0.39, 0.29) is 37.2 Å². The minimum Gasteiger partial charge on any atom is -0.497 e. The number of ether oxygens (including phenoxy) is 1. The second-order valence-electron chi connectivity index (χ2n) is 9.44. The summed E-state index contributed by atoms with van der Waals surface area (Å²) in [5.41, 5.74) is 3.39. The average molecular weight is 611 g/mol. The lowest BCUT2D eigenvalue weighted by Crippen LogP contribution is -2.40. The van der Waals surface area contributed by atoms with Gasteiger partial charge in [-0.15, -0.1) is 0 Å². The van der Waals surface area contributed by atoms with Crippen LogP contribution in [-0.4, -0.2) is 59.8 Å². The number of carbonyl (C=O) groups is 3. The Bertz CT molecular complexity index is 1530. The summed E-state index contributed by atoms with van der Waals surface area (Å²) in [4.78, 5) is 43.1. The zero-order chi connectivity index (χ0) is 28.3. The number of benzene rings is 3. The molecule has 0 aliphatic heterocycles. The summed E-state index contributed by atoms with van der Waals surface area (Å²) in [5, 5.41) is 1.28. The van der Waals surface area contributed by atoms with Crippen LogP contribution in [-0.2, 0) is 22.6 Å². The van der Waals surface area contributed by atoms with E-state index in [2.05, 4.69) is 15.9 Å². The molecule has 0 fully saturated rings. The van der Waals surface area contributed by atoms with E-state index in [1.54, 1.807) is 61.0 Å². The Morgan fingerprint density at radius 2 is 1.62 bits per heavy atom. The number of methoxy groups -OCH3 is 1. The first kappa shape index (κ1) is 28.4. The molecule has 2 amide bonds. The van der Waals surface area contributed by atoms with E-state index in [4.69, 9.17) is 16.3 Å². The van der Waals surface area contributed by atoms with E-state index in [1.807, 2.05) is 43.3 Å². The second kappa shape index (κ2) is 12.1. The first-order chi connectivity index (χ1) is 18.6. The molecule has 0 saturated heterocycles. The first-order valence-corrected chi connectivity index (χ1v) is 13.5. The molecule has 0 N–H and O–H groups in total. The minimum absolute atomic E-state index is 0.00757. The van der Waals surface area contributed by atoms with Gasteiger partial charge < -0.3 is 14.5 Å². The highest BCUT2D eigenvalue weighted by Crippen LogP contribution is 2.31. The Labute approximate surface area is 241 Å². The SMILES string of the molecule is COc1ccc2c(c1)c(CC(=O)N(CC(=O)N(C)C)Cc1ccc(Br)cc1)c(C)n2C(=O)c1ccc(Cl)cc1. The van der Waals surface area contributed by atoms with E-state index in [0.29, 0.717) is 33.1 Å². The normalized spacial score (nSPS) is 10.9. The Balaban J connectivity index is 1.75. The Morgan fingerprint density at radius 3 is 2.23 bits per heavy atom. The van der Waals surface area contributed by atoms with Crippen LogP contribution < -0.4 is 4.74 Å². The second-order valence-corrected chi connectivity index (χ2v) is 10.8. The Kier molecular flexibility index (Phi) is 8.77. The maximum atomic E-state index is 13.8. The standard InChI is InChI=1S/C30H29BrClN3O4/c1-19-25(16-28(36)34(18-29(37)33(2)3)17-20-5-9-22(31)10-6-20)26-15-24(39-4)13-14-27(26)35(19)30(38)21-7-11-23(32)12-8-21/h5-15H,16-18H2,1-4H3. The van der Waals surface area contributed by atoms with Gasteiger partial charge >= 0.3 is 0 Å². The van der Waals surface area contributed by atoms with Crippen molar-refractivity contribution >= 4 is 56.2 Å². The molecule has 0 saturated carbocycles. The predicted octanol–water partition coefficient (Wildman–Crippen LogP) is 5.72. The molecule has 0 atom stereocenters. The molecule has 9 heteroatoms. The highest BCUT2D eigenvalue weighted by Gasteiger charge is 2.25. The van der Waals surface area contributed by atoms with E-state index >= 15 is 0 Å². The molecule has 0 aliphatic carbocycles. The Hall–Kier alpha value is -3.62. The van der Waals surface area contributed by atoms with Crippen molar-refractivity contribution in [2.75, 3.05) is 27.7 Å². The zero-order valence-corrected chi connectivity index (χ0v) is 24.5. The van der Waals surface area contributed by atoms with Crippen LogP contribution in [0, 0.1) is 6.92 Å². The molecular weight excluding hydrogens is 582 g/mol. The number of halogens is 2. The molecular formula is C30H29BrClN3O4. The number of hydrogen-bond acceptors (Lipinski definition) is 4. The van der Waals surface area contributed by atoms with Gasteiger partial charge in [-0.1, -0.05) is 39.7 Å². The van der Waals surface area contributed by atoms with Gasteiger partial charge in [-0.05, 0) is 72.6 Å². The van der Waals surface area contributed by atoms with Crippen LogP contribution in [0.15, 0.2) is 71.2 Å². The monoisotopic (exact) mass is 609 g/mol. The fourth-order valence-electron chi connectivity index (χ4n) is 4.41. The highest BCUT2D eigenvalue weighted by molar-refractivity contribution is 9.10. The lowest BCUT2D eigenvalue weighted by Gasteiger charge is -2.24. The number of amides is 2. The molecule has 39 heavy (non-hydrogen) atoms. The molecule has 1 aromatic heterocycles. The van der Waals surface area contributed by atoms with Crippen molar-refractivity contribution < 1.29 is 19.1 Å². The van der Waals surface area contributed by atoms with Crippen molar-refractivity contribution in [1.82, 2.24) is 14.4 Å². The van der Waals surface area contributed by atoms with E-state index in [9.17, 15) is 14.4 Å². The van der Waals surface area contributed by atoms with Crippen molar-refractivity contribution in [3.8, 4) is 5.75 Å². The van der Waals surface area contributed by atoms with Gasteiger partial charge in [0.15, 0.2) is 0 Å². The molecule has 4 aromatic rings. The molecule has 0 spiro atoms. The van der Waals surface area contributed by atoms with Gasteiger partial charge in [0.1, 0.15) is 12.3 Å². The molecule has 202 valence electrons. The molecule has 3 aromatic carbocycles. The summed E-state index contributed by atoms with van der Waals surface area (Å²) < 4.78 is 7.99. The lowest BCUT2D eigenvalue weighted by molar-refractivity contribution is -0.139. The van der Waals surface area contributed by atoms with E-state index in [0.717, 1.165) is 15.4 Å². The largest absolute Gasteiger partial charge is 0.497 e. The van der Waals surface area contributed by atoms with Gasteiger partial charge in [-0.3, -0.25) is 19.0 Å². The van der Waals surface area contributed by atoms with Crippen LogP contribution in [0.1, 0.15) is 27.2 Å². The quantitative estimate of drug-likeness (QED) is 0.256. The lowest BCUT2D eigenvalue weighted by atomic mass is 10.1. The van der Waals surface area contributed by atoms with E-state index < -0.39 is 0 Å². The van der Waals surface area contributed by atoms with Crippen LogP contribution in [0.4, 0.5) is 0 Å². The third kappa shape index (κ3) is 6.34. The minimum atomic E-state index is -0.229.